The van der Waals surface area contributed by atoms with Gasteiger partial charge in [0.25, 0.3) is 0 Å². The van der Waals surface area contributed by atoms with Crippen molar-refractivity contribution in [2.75, 3.05) is 6.54 Å². The van der Waals surface area contributed by atoms with Gasteiger partial charge in [-0.05, 0) is 25.1 Å². The van der Waals surface area contributed by atoms with Crippen molar-refractivity contribution in [3.63, 3.8) is 0 Å². The van der Waals surface area contributed by atoms with E-state index in [0.717, 1.165) is 0 Å². The lowest BCUT2D eigenvalue weighted by atomic mass is 10.2. The highest BCUT2D eigenvalue weighted by Gasteiger charge is 2.20. The van der Waals surface area contributed by atoms with E-state index in [-0.39, 0.29) is 17.3 Å². The summed E-state index contributed by atoms with van der Waals surface area (Å²) in [4.78, 5) is 0.113. The van der Waals surface area contributed by atoms with E-state index in [1.165, 1.54) is 12.1 Å². The number of tetrazole rings is 1. The molecule has 0 bridgehead atoms. The van der Waals surface area contributed by atoms with Crippen LogP contribution < -0.4 is 10.5 Å². The number of nitrogens with one attached hydrogen (secondary N) is 2. The van der Waals surface area contributed by atoms with Crippen LogP contribution in [0.15, 0.2) is 29.2 Å². The van der Waals surface area contributed by atoms with E-state index in [4.69, 9.17) is 5.73 Å². The molecule has 1 atom stereocenters. The molecule has 1 aromatic heterocycles. The second kappa shape index (κ2) is 6.45. The molecule has 0 aliphatic rings. The molecule has 8 nitrogen and oxygen atoms in total. The normalized spacial score (nSPS) is 12.5. The molecule has 1 aromatic carbocycles. The van der Waals surface area contributed by atoms with E-state index in [1.54, 1.807) is 19.1 Å². The molecule has 0 saturated heterocycles. The van der Waals surface area contributed by atoms with E-state index >= 15 is 0 Å². The highest BCUT2D eigenvalue weighted by Crippen LogP contribution is 2.14. The van der Waals surface area contributed by atoms with Gasteiger partial charge in [0.15, 0.2) is 5.82 Å². The molecular weight excluding hydrogens is 292 g/mol. The number of nitrogens with zero attached hydrogens (tertiary/aromatic N) is 3. The highest BCUT2D eigenvalue weighted by molar-refractivity contribution is 7.89. The molecular formula is C12H14N6O2S. The number of H-pyrrole nitrogens is 1. The maximum absolute atomic E-state index is 12.3. The molecule has 9 heteroatoms. The molecule has 0 spiro atoms. The lowest BCUT2D eigenvalue weighted by Crippen LogP contribution is -2.27. The Morgan fingerprint density at radius 1 is 1.48 bits per heavy atom. The van der Waals surface area contributed by atoms with Crippen molar-refractivity contribution in [2.24, 2.45) is 5.73 Å². The van der Waals surface area contributed by atoms with Crippen molar-refractivity contribution < 1.29 is 8.42 Å². The Hall–Kier alpha value is -2.28. The van der Waals surface area contributed by atoms with Crippen molar-refractivity contribution >= 4 is 10.0 Å². The zero-order valence-electron chi connectivity index (χ0n) is 11.2. The van der Waals surface area contributed by atoms with Crippen LogP contribution in [0, 0.1) is 11.8 Å². The number of nitrogens with two attached hydrogens (primary N) is 1. The van der Waals surface area contributed by atoms with E-state index in [9.17, 15) is 8.42 Å². The summed E-state index contributed by atoms with van der Waals surface area (Å²) in [7, 11) is -3.70. The summed E-state index contributed by atoms with van der Waals surface area (Å²) in [6.45, 7) is 1.84. The van der Waals surface area contributed by atoms with Crippen LogP contribution >= 0.6 is 0 Å². The molecule has 0 amide bonds. The second-order valence-electron chi connectivity index (χ2n) is 4.15. The first-order valence-electron chi connectivity index (χ1n) is 6.07. The second-order valence-corrected chi connectivity index (χ2v) is 5.86. The van der Waals surface area contributed by atoms with Gasteiger partial charge in [0.2, 0.25) is 10.0 Å². The van der Waals surface area contributed by atoms with Crippen LogP contribution in [-0.4, -0.2) is 35.6 Å². The number of hydrogen-bond donors (Lipinski definition) is 3. The molecule has 0 aliphatic carbocycles. The first-order valence-corrected chi connectivity index (χ1v) is 7.56. The Bertz CT molecular complexity index is 761. The van der Waals surface area contributed by atoms with Crippen molar-refractivity contribution in [3.05, 3.63) is 35.7 Å². The number of sulfonamides is 1. The van der Waals surface area contributed by atoms with Crippen LogP contribution in [0.1, 0.15) is 24.4 Å². The lowest BCUT2D eigenvalue weighted by molar-refractivity contribution is 0.560. The maximum atomic E-state index is 12.3. The summed E-state index contributed by atoms with van der Waals surface area (Å²) in [5.41, 5.74) is 5.87. The zero-order valence-corrected chi connectivity index (χ0v) is 12.1. The average molecular weight is 306 g/mol. The SMILES string of the molecule is CC(NS(=O)(=O)c1cccc(C#CCN)c1)c1nn[nH]n1. The molecule has 1 unspecified atom stereocenters. The van der Waals surface area contributed by atoms with Gasteiger partial charge in [-0.3, -0.25) is 0 Å². The minimum atomic E-state index is -3.70. The third-order valence-corrected chi connectivity index (χ3v) is 4.10. The van der Waals surface area contributed by atoms with Gasteiger partial charge >= 0.3 is 0 Å². The van der Waals surface area contributed by atoms with Gasteiger partial charge in [0.1, 0.15) is 0 Å². The third kappa shape index (κ3) is 3.85. The summed E-state index contributed by atoms with van der Waals surface area (Å²) >= 11 is 0. The minimum absolute atomic E-state index is 0.113. The summed E-state index contributed by atoms with van der Waals surface area (Å²) in [6, 6.07) is 5.69. The van der Waals surface area contributed by atoms with Crippen LogP contribution in [0.25, 0.3) is 0 Å². The Labute approximate surface area is 122 Å². The number of aromatic nitrogens is 4. The summed E-state index contributed by atoms with van der Waals surface area (Å²) < 4.78 is 27.1. The van der Waals surface area contributed by atoms with E-state index in [1.807, 2.05) is 0 Å². The van der Waals surface area contributed by atoms with E-state index in [2.05, 4.69) is 37.2 Å². The smallest absolute Gasteiger partial charge is 0.241 e. The lowest BCUT2D eigenvalue weighted by Gasteiger charge is -2.11. The van der Waals surface area contributed by atoms with Gasteiger partial charge in [-0.1, -0.05) is 23.1 Å². The molecule has 0 radical (unpaired) electrons. The quantitative estimate of drug-likeness (QED) is 0.657. The Morgan fingerprint density at radius 2 is 2.29 bits per heavy atom. The summed E-state index contributed by atoms with van der Waals surface area (Å²) in [5, 5.41) is 13.1. The van der Waals surface area contributed by atoms with Crippen molar-refractivity contribution in [1.82, 2.24) is 25.3 Å². The number of hydrogen-bond acceptors (Lipinski definition) is 6. The monoisotopic (exact) mass is 306 g/mol. The molecule has 0 saturated carbocycles. The van der Waals surface area contributed by atoms with Crippen LogP contribution in [-0.2, 0) is 10.0 Å². The van der Waals surface area contributed by atoms with Crippen molar-refractivity contribution in [2.45, 2.75) is 17.9 Å². The Balaban J connectivity index is 2.23. The molecule has 0 aliphatic heterocycles. The fourth-order valence-electron chi connectivity index (χ4n) is 1.60. The Kier molecular flexibility index (Phi) is 4.64. The van der Waals surface area contributed by atoms with Crippen LogP contribution in [0.4, 0.5) is 0 Å². The van der Waals surface area contributed by atoms with Gasteiger partial charge in [-0.2, -0.15) is 5.21 Å². The number of rotatable bonds is 4. The van der Waals surface area contributed by atoms with Gasteiger partial charge in [-0.15, -0.1) is 10.2 Å². The molecule has 1 heterocycles. The third-order valence-electron chi connectivity index (χ3n) is 2.56. The van der Waals surface area contributed by atoms with Gasteiger partial charge in [-0.25, -0.2) is 13.1 Å². The predicted octanol–water partition coefficient (Wildman–Crippen LogP) is -0.451. The van der Waals surface area contributed by atoms with Crippen LogP contribution in [0.2, 0.25) is 0 Å². The first-order chi connectivity index (χ1) is 10.0. The molecule has 2 rings (SSSR count). The molecule has 21 heavy (non-hydrogen) atoms. The molecule has 4 N–H and O–H groups in total. The molecule has 110 valence electrons. The van der Waals surface area contributed by atoms with Gasteiger partial charge in [0.05, 0.1) is 17.5 Å². The van der Waals surface area contributed by atoms with Crippen LogP contribution in [0.3, 0.4) is 0 Å². The average Bonchev–Trinajstić information content (AvgIpc) is 2.99. The summed E-state index contributed by atoms with van der Waals surface area (Å²) in [6.07, 6.45) is 0. The van der Waals surface area contributed by atoms with Crippen LogP contribution in [0.5, 0.6) is 0 Å². The van der Waals surface area contributed by atoms with Gasteiger partial charge < -0.3 is 5.73 Å². The maximum Gasteiger partial charge on any atom is 0.241 e. The zero-order chi connectivity index (χ0) is 15.3. The number of benzene rings is 1. The highest BCUT2D eigenvalue weighted by atomic mass is 32.2. The van der Waals surface area contributed by atoms with Crippen molar-refractivity contribution in [3.8, 4) is 11.8 Å². The largest absolute Gasteiger partial charge is 0.320 e. The fraction of sp³-hybridized carbons (Fsp3) is 0.250. The predicted molar refractivity (Wildman–Crippen MR) is 75.3 cm³/mol. The minimum Gasteiger partial charge on any atom is -0.320 e. The first kappa shape index (κ1) is 15.1. The molecule has 2 aromatic rings. The van der Waals surface area contributed by atoms with E-state index in [0.29, 0.717) is 5.56 Å². The van der Waals surface area contributed by atoms with Gasteiger partial charge in [0, 0.05) is 5.56 Å². The summed E-state index contributed by atoms with van der Waals surface area (Å²) in [5.74, 6) is 5.73. The topological polar surface area (TPSA) is 127 Å². The van der Waals surface area contributed by atoms with Crippen molar-refractivity contribution in [1.29, 1.82) is 0 Å². The van der Waals surface area contributed by atoms with E-state index < -0.39 is 16.1 Å². The molecule has 0 fully saturated rings. The fourth-order valence-corrected chi connectivity index (χ4v) is 2.85. The standard InChI is InChI=1S/C12H14N6O2S/c1-9(12-14-17-18-15-12)16-21(19,20)11-6-2-4-10(8-11)5-3-7-13/h2,4,6,8-9,16H,7,13H2,1H3,(H,14,15,17,18). The Morgan fingerprint density at radius 3 is 2.95 bits per heavy atom. The number of aromatic amines is 1.